The number of rotatable bonds is 4. The van der Waals surface area contributed by atoms with E-state index < -0.39 is 0 Å². The van der Waals surface area contributed by atoms with Gasteiger partial charge >= 0.3 is 0 Å². The van der Waals surface area contributed by atoms with Crippen molar-refractivity contribution >= 4 is 5.82 Å². The Labute approximate surface area is 170 Å². The van der Waals surface area contributed by atoms with E-state index in [1.54, 1.807) is 27.7 Å². The van der Waals surface area contributed by atoms with Crippen LogP contribution < -0.4 is 10.5 Å². The molecule has 8 heteroatoms. The summed E-state index contributed by atoms with van der Waals surface area (Å²) in [5.41, 5.74) is 0.925. The SMILES string of the molecule is CC(C)(C)c1ccc(N2CCC(Cn3nc(-n4cccn4)ccc3=O)CC2)nn1. The Morgan fingerprint density at radius 2 is 1.79 bits per heavy atom. The summed E-state index contributed by atoms with van der Waals surface area (Å²) in [4.78, 5) is 14.5. The van der Waals surface area contributed by atoms with Gasteiger partial charge in [0.15, 0.2) is 11.6 Å². The molecule has 1 aliphatic heterocycles. The molecule has 0 aromatic carbocycles. The summed E-state index contributed by atoms with van der Waals surface area (Å²) < 4.78 is 3.23. The Bertz CT molecular complexity index is 995. The van der Waals surface area contributed by atoms with Gasteiger partial charge in [0.1, 0.15) is 0 Å². The first-order valence-corrected chi connectivity index (χ1v) is 10.1. The second-order valence-electron chi connectivity index (χ2n) is 8.62. The third kappa shape index (κ3) is 4.36. The molecular weight excluding hydrogens is 366 g/mol. The minimum absolute atomic E-state index is 0.00346. The quantitative estimate of drug-likeness (QED) is 0.677. The molecule has 1 fully saturated rings. The molecule has 4 heterocycles. The van der Waals surface area contributed by atoms with E-state index in [0.29, 0.717) is 18.3 Å². The molecule has 0 amide bonds. The van der Waals surface area contributed by atoms with Crippen LogP contribution in [0.2, 0.25) is 0 Å². The summed E-state index contributed by atoms with van der Waals surface area (Å²) in [6.45, 7) is 8.85. The van der Waals surface area contributed by atoms with Crippen LogP contribution in [0.4, 0.5) is 5.82 Å². The van der Waals surface area contributed by atoms with Crippen LogP contribution in [-0.2, 0) is 12.0 Å². The van der Waals surface area contributed by atoms with Crippen LogP contribution in [-0.4, -0.2) is 42.8 Å². The van der Waals surface area contributed by atoms with Crippen molar-refractivity contribution in [3.63, 3.8) is 0 Å². The average Bonchev–Trinajstić information content (AvgIpc) is 3.25. The second-order valence-corrected chi connectivity index (χ2v) is 8.62. The maximum Gasteiger partial charge on any atom is 0.266 e. The van der Waals surface area contributed by atoms with Crippen molar-refractivity contribution in [3.05, 3.63) is 58.8 Å². The highest BCUT2D eigenvalue weighted by Gasteiger charge is 2.23. The number of aromatic nitrogens is 6. The van der Waals surface area contributed by atoms with Gasteiger partial charge in [0.2, 0.25) is 0 Å². The van der Waals surface area contributed by atoms with Crippen LogP contribution in [0.25, 0.3) is 5.82 Å². The van der Waals surface area contributed by atoms with Crippen LogP contribution in [0.5, 0.6) is 0 Å². The van der Waals surface area contributed by atoms with Crippen molar-refractivity contribution in [2.24, 2.45) is 5.92 Å². The molecule has 3 aromatic rings. The molecule has 0 atom stereocenters. The van der Waals surface area contributed by atoms with Gasteiger partial charge in [-0.3, -0.25) is 4.79 Å². The summed E-state index contributed by atoms with van der Waals surface area (Å²) in [5.74, 6) is 1.99. The van der Waals surface area contributed by atoms with Gasteiger partial charge in [-0.25, -0.2) is 9.36 Å². The lowest BCUT2D eigenvalue weighted by Crippen LogP contribution is -2.37. The van der Waals surface area contributed by atoms with Crippen molar-refractivity contribution in [3.8, 4) is 5.82 Å². The van der Waals surface area contributed by atoms with E-state index >= 15 is 0 Å². The molecule has 3 aromatic heterocycles. The Morgan fingerprint density at radius 3 is 2.41 bits per heavy atom. The van der Waals surface area contributed by atoms with E-state index in [9.17, 15) is 4.79 Å². The van der Waals surface area contributed by atoms with Crippen molar-refractivity contribution in [1.82, 2.24) is 29.8 Å². The molecule has 0 N–H and O–H groups in total. The average molecular weight is 393 g/mol. The Hall–Kier alpha value is -3.03. The van der Waals surface area contributed by atoms with Gasteiger partial charge in [-0.15, -0.1) is 10.2 Å². The molecule has 0 spiro atoms. The maximum atomic E-state index is 12.3. The van der Waals surface area contributed by atoms with E-state index in [1.165, 1.54) is 0 Å². The van der Waals surface area contributed by atoms with Gasteiger partial charge in [0.25, 0.3) is 5.56 Å². The highest BCUT2D eigenvalue weighted by atomic mass is 16.1. The molecule has 152 valence electrons. The van der Waals surface area contributed by atoms with Gasteiger partial charge in [0.05, 0.1) is 5.69 Å². The first-order chi connectivity index (χ1) is 13.9. The third-order valence-corrected chi connectivity index (χ3v) is 5.38. The van der Waals surface area contributed by atoms with Gasteiger partial charge < -0.3 is 4.90 Å². The Balaban J connectivity index is 1.39. The Kier molecular flexibility index (Phi) is 5.17. The standard InChI is InChI=1S/C21H27N7O/c1-21(2,3)17-5-6-18(24-23-17)26-13-9-16(10-14-26)15-28-20(29)8-7-19(25-28)27-12-4-11-22-27/h4-8,11-12,16H,9-10,13-15H2,1-3H3. The predicted molar refractivity (Wildman–Crippen MR) is 111 cm³/mol. The van der Waals surface area contributed by atoms with Crippen LogP contribution in [0, 0.1) is 5.92 Å². The van der Waals surface area contributed by atoms with Crippen LogP contribution in [0.1, 0.15) is 39.3 Å². The van der Waals surface area contributed by atoms with E-state index in [-0.39, 0.29) is 11.0 Å². The van der Waals surface area contributed by atoms with E-state index in [1.807, 2.05) is 12.3 Å². The normalized spacial score (nSPS) is 15.6. The lowest BCUT2D eigenvalue weighted by molar-refractivity contribution is 0.333. The summed E-state index contributed by atoms with van der Waals surface area (Å²) in [6.07, 6.45) is 5.50. The summed E-state index contributed by atoms with van der Waals surface area (Å²) in [5, 5.41) is 17.5. The molecule has 0 unspecified atom stereocenters. The third-order valence-electron chi connectivity index (χ3n) is 5.38. The fourth-order valence-electron chi connectivity index (χ4n) is 3.58. The van der Waals surface area contributed by atoms with E-state index in [0.717, 1.165) is 37.4 Å². The summed E-state index contributed by atoms with van der Waals surface area (Å²) >= 11 is 0. The second kappa shape index (κ2) is 7.77. The molecule has 1 saturated heterocycles. The van der Waals surface area contributed by atoms with Gasteiger partial charge in [-0.2, -0.15) is 10.2 Å². The van der Waals surface area contributed by atoms with Crippen LogP contribution in [0.15, 0.2) is 47.5 Å². The molecule has 0 bridgehead atoms. The van der Waals surface area contributed by atoms with Gasteiger partial charge in [-0.05, 0) is 43.0 Å². The first-order valence-electron chi connectivity index (χ1n) is 10.1. The molecule has 1 aliphatic rings. The lowest BCUT2D eigenvalue weighted by Gasteiger charge is -2.32. The van der Waals surface area contributed by atoms with Crippen molar-refractivity contribution < 1.29 is 0 Å². The number of piperidine rings is 1. The molecular formula is C21H27N7O. The molecule has 0 aliphatic carbocycles. The lowest BCUT2D eigenvalue weighted by atomic mass is 9.92. The fraction of sp³-hybridized carbons (Fsp3) is 0.476. The number of hydrogen-bond donors (Lipinski definition) is 0. The molecule has 29 heavy (non-hydrogen) atoms. The minimum atomic E-state index is -0.0769. The van der Waals surface area contributed by atoms with Gasteiger partial charge in [0, 0.05) is 43.5 Å². The van der Waals surface area contributed by atoms with Crippen LogP contribution in [0.3, 0.4) is 0 Å². The molecule has 8 nitrogen and oxygen atoms in total. The van der Waals surface area contributed by atoms with Crippen molar-refractivity contribution in [2.75, 3.05) is 18.0 Å². The smallest absolute Gasteiger partial charge is 0.266 e. The zero-order valence-corrected chi connectivity index (χ0v) is 17.2. The highest BCUT2D eigenvalue weighted by molar-refractivity contribution is 5.38. The largest absolute Gasteiger partial charge is 0.355 e. The van der Waals surface area contributed by atoms with Crippen LogP contribution >= 0.6 is 0 Å². The topological polar surface area (TPSA) is 81.7 Å². The Morgan fingerprint density at radius 1 is 1.03 bits per heavy atom. The number of nitrogens with zero attached hydrogens (tertiary/aromatic N) is 7. The maximum absolute atomic E-state index is 12.3. The van der Waals surface area contributed by atoms with Crippen molar-refractivity contribution in [1.29, 1.82) is 0 Å². The molecule has 0 radical (unpaired) electrons. The minimum Gasteiger partial charge on any atom is -0.355 e. The monoisotopic (exact) mass is 393 g/mol. The fourth-order valence-corrected chi connectivity index (χ4v) is 3.58. The predicted octanol–water partition coefficient (Wildman–Crippen LogP) is 2.43. The highest BCUT2D eigenvalue weighted by Crippen LogP contribution is 2.24. The number of hydrogen-bond acceptors (Lipinski definition) is 6. The summed E-state index contributed by atoms with van der Waals surface area (Å²) in [7, 11) is 0. The van der Waals surface area contributed by atoms with E-state index in [4.69, 9.17) is 0 Å². The van der Waals surface area contributed by atoms with Gasteiger partial charge in [-0.1, -0.05) is 20.8 Å². The van der Waals surface area contributed by atoms with E-state index in [2.05, 4.69) is 58.2 Å². The first kappa shape index (κ1) is 19.3. The summed E-state index contributed by atoms with van der Waals surface area (Å²) in [6, 6.07) is 9.23. The zero-order valence-electron chi connectivity index (χ0n) is 17.2. The molecule has 4 rings (SSSR count). The number of anilines is 1. The zero-order chi connectivity index (χ0) is 20.4. The van der Waals surface area contributed by atoms with Crippen molar-refractivity contribution in [2.45, 2.75) is 45.6 Å². The molecule has 0 saturated carbocycles.